The van der Waals surface area contributed by atoms with Gasteiger partial charge in [0.25, 0.3) is 0 Å². The highest BCUT2D eigenvalue weighted by molar-refractivity contribution is 4.80. The lowest BCUT2D eigenvalue weighted by molar-refractivity contribution is -0.0930. The summed E-state index contributed by atoms with van der Waals surface area (Å²) >= 11 is 0. The Balaban J connectivity index is 0.000000791. The topological polar surface area (TPSA) is 9.23 Å². The summed E-state index contributed by atoms with van der Waals surface area (Å²) in [6.07, 6.45) is 2.51. The first-order valence-corrected chi connectivity index (χ1v) is 5.90. The molecule has 0 spiro atoms. The lowest BCUT2D eigenvalue weighted by atomic mass is 9.92. The summed E-state index contributed by atoms with van der Waals surface area (Å²) < 4.78 is 17.8. The van der Waals surface area contributed by atoms with E-state index in [1.54, 1.807) is 0 Å². The third-order valence-corrected chi connectivity index (χ3v) is 2.72. The molecule has 1 aliphatic carbocycles. The molecule has 1 aliphatic rings. The van der Waals surface area contributed by atoms with Gasteiger partial charge in [0.1, 0.15) is 0 Å². The summed E-state index contributed by atoms with van der Waals surface area (Å²) in [6, 6.07) is 0. The van der Waals surface area contributed by atoms with Gasteiger partial charge in [0.2, 0.25) is 0 Å². The fraction of sp³-hybridized carbons (Fsp3) is 1.00. The van der Waals surface area contributed by atoms with Gasteiger partial charge in [0.05, 0.1) is 6.10 Å². The van der Waals surface area contributed by atoms with Crippen LogP contribution in [-0.2, 0) is 4.74 Å². The molecule has 1 rings (SSSR count). The summed E-state index contributed by atoms with van der Waals surface area (Å²) in [5, 5.41) is 0. The number of rotatable bonds is 3. The molecule has 3 unspecified atom stereocenters. The van der Waals surface area contributed by atoms with Crippen molar-refractivity contribution >= 4 is 0 Å². The Morgan fingerprint density at radius 1 is 1.14 bits per heavy atom. The first-order valence-electron chi connectivity index (χ1n) is 5.90. The molecule has 0 heterocycles. The largest absolute Gasteiger partial charge is 0.345 e. The number of hydrogen-bond acceptors (Lipinski definition) is 1. The highest BCUT2D eigenvalue weighted by Crippen LogP contribution is 2.34. The van der Waals surface area contributed by atoms with Crippen LogP contribution in [0.1, 0.15) is 53.9 Å². The molecule has 1 nitrogen and oxygen atoms in total. The molecule has 1 saturated carbocycles. The highest BCUT2D eigenvalue weighted by atomic mass is 19.1. The molecule has 86 valence electrons. The number of ether oxygens (including phenoxy) is 1. The summed E-state index contributed by atoms with van der Waals surface area (Å²) in [7, 11) is 0. The zero-order chi connectivity index (χ0) is 11.1. The van der Waals surface area contributed by atoms with E-state index in [1.807, 2.05) is 13.8 Å². The van der Waals surface area contributed by atoms with Gasteiger partial charge < -0.3 is 4.74 Å². The third kappa shape index (κ3) is 4.41. The average molecular weight is 204 g/mol. The van der Waals surface area contributed by atoms with Crippen molar-refractivity contribution in [2.75, 3.05) is 0 Å². The molecule has 3 atom stereocenters. The molecule has 0 N–H and O–H groups in total. The van der Waals surface area contributed by atoms with Gasteiger partial charge in [-0.3, -0.25) is 0 Å². The summed E-state index contributed by atoms with van der Waals surface area (Å²) in [5.74, 6) is 1.19. The smallest absolute Gasteiger partial charge is 0.196 e. The Morgan fingerprint density at radius 3 is 2.14 bits per heavy atom. The molecule has 14 heavy (non-hydrogen) atoms. The van der Waals surface area contributed by atoms with E-state index in [0.29, 0.717) is 11.8 Å². The van der Waals surface area contributed by atoms with Gasteiger partial charge in [-0.05, 0) is 31.6 Å². The maximum absolute atomic E-state index is 12.6. The van der Waals surface area contributed by atoms with Gasteiger partial charge in [-0.1, -0.05) is 34.1 Å². The van der Waals surface area contributed by atoms with Crippen molar-refractivity contribution in [3.63, 3.8) is 0 Å². The van der Waals surface area contributed by atoms with Crippen molar-refractivity contribution in [1.29, 1.82) is 0 Å². The predicted molar refractivity (Wildman–Crippen MR) is 59.0 cm³/mol. The number of alkyl halides is 1. The van der Waals surface area contributed by atoms with E-state index in [0.717, 1.165) is 6.42 Å². The molecule has 0 amide bonds. The average Bonchev–Trinajstić information content (AvgIpc) is 2.55. The van der Waals surface area contributed by atoms with Gasteiger partial charge in [-0.2, -0.15) is 0 Å². The molecule has 0 aromatic carbocycles. The predicted octanol–water partition coefficient (Wildman–Crippen LogP) is 4.17. The van der Waals surface area contributed by atoms with Crippen LogP contribution in [0.2, 0.25) is 0 Å². The molecule has 1 fully saturated rings. The van der Waals surface area contributed by atoms with Crippen LogP contribution in [0.4, 0.5) is 4.39 Å². The SMILES string of the molecule is CC.CC(F)OC1CCCC1C(C)C. The van der Waals surface area contributed by atoms with Crippen LogP contribution in [0.3, 0.4) is 0 Å². The standard InChI is InChI=1S/C10H19FO.C2H6/c1-7(2)9-5-4-6-10(9)12-8(3)11;1-2/h7-10H,4-6H2,1-3H3;1-2H3. The second kappa shape index (κ2) is 7.22. The second-order valence-electron chi connectivity index (χ2n) is 4.06. The van der Waals surface area contributed by atoms with E-state index in [1.165, 1.54) is 19.8 Å². The quantitative estimate of drug-likeness (QED) is 0.670. The van der Waals surface area contributed by atoms with E-state index in [-0.39, 0.29) is 6.10 Å². The molecule has 0 aromatic rings. The monoisotopic (exact) mass is 204 g/mol. The summed E-state index contributed by atoms with van der Waals surface area (Å²) in [4.78, 5) is 0. The maximum Gasteiger partial charge on any atom is 0.196 e. The summed E-state index contributed by atoms with van der Waals surface area (Å²) in [5.41, 5.74) is 0. The van der Waals surface area contributed by atoms with Gasteiger partial charge in [-0.15, -0.1) is 0 Å². The van der Waals surface area contributed by atoms with Crippen molar-refractivity contribution in [2.45, 2.75) is 66.3 Å². The Hall–Kier alpha value is -0.110. The van der Waals surface area contributed by atoms with Crippen LogP contribution in [-0.4, -0.2) is 12.5 Å². The van der Waals surface area contributed by atoms with Crippen LogP contribution in [0.5, 0.6) is 0 Å². The van der Waals surface area contributed by atoms with Gasteiger partial charge >= 0.3 is 0 Å². The van der Waals surface area contributed by atoms with Gasteiger partial charge in [-0.25, -0.2) is 4.39 Å². The van der Waals surface area contributed by atoms with Crippen molar-refractivity contribution < 1.29 is 9.13 Å². The van der Waals surface area contributed by atoms with Crippen LogP contribution >= 0.6 is 0 Å². The lowest BCUT2D eigenvalue weighted by Gasteiger charge is -2.23. The molecule has 0 saturated heterocycles. The van der Waals surface area contributed by atoms with Crippen molar-refractivity contribution in [1.82, 2.24) is 0 Å². The molecule has 0 aliphatic heterocycles. The van der Waals surface area contributed by atoms with E-state index in [2.05, 4.69) is 13.8 Å². The van der Waals surface area contributed by atoms with E-state index < -0.39 is 6.36 Å². The lowest BCUT2D eigenvalue weighted by Crippen LogP contribution is -2.24. The van der Waals surface area contributed by atoms with E-state index >= 15 is 0 Å². The first-order chi connectivity index (χ1) is 6.61. The fourth-order valence-electron chi connectivity index (χ4n) is 2.13. The zero-order valence-electron chi connectivity index (χ0n) is 10.2. The Labute approximate surface area is 88.0 Å². The molecular weight excluding hydrogens is 179 g/mol. The first kappa shape index (κ1) is 13.9. The van der Waals surface area contributed by atoms with Crippen molar-refractivity contribution in [3.05, 3.63) is 0 Å². The minimum atomic E-state index is -1.10. The molecule has 0 radical (unpaired) electrons. The minimum absolute atomic E-state index is 0.171. The van der Waals surface area contributed by atoms with Crippen LogP contribution in [0, 0.1) is 11.8 Å². The minimum Gasteiger partial charge on any atom is -0.345 e. The van der Waals surface area contributed by atoms with E-state index in [4.69, 9.17) is 4.74 Å². The normalized spacial score (nSPS) is 28.5. The number of halogens is 1. The van der Waals surface area contributed by atoms with Crippen LogP contribution < -0.4 is 0 Å². The van der Waals surface area contributed by atoms with Crippen molar-refractivity contribution in [3.8, 4) is 0 Å². The Bertz CT molecular complexity index is 134. The Morgan fingerprint density at radius 2 is 1.71 bits per heavy atom. The number of hydrogen-bond donors (Lipinski definition) is 0. The van der Waals surface area contributed by atoms with E-state index in [9.17, 15) is 4.39 Å². The molecule has 0 bridgehead atoms. The molecular formula is C12H25FO. The molecule has 2 heteroatoms. The fourth-order valence-corrected chi connectivity index (χ4v) is 2.13. The maximum atomic E-state index is 12.6. The van der Waals surface area contributed by atoms with Crippen LogP contribution in [0.25, 0.3) is 0 Å². The molecule has 0 aromatic heterocycles. The van der Waals surface area contributed by atoms with Gasteiger partial charge in [0, 0.05) is 0 Å². The second-order valence-corrected chi connectivity index (χ2v) is 4.06. The Kier molecular flexibility index (Phi) is 7.16. The highest BCUT2D eigenvalue weighted by Gasteiger charge is 2.31. The van der Waals surface area contributed by atoms with Gasteiger partial charge in [0.15, 0.2) is 6.36 Å². The summed E-state index contributed by atoms with van der Waals surface area (Å²) in [6.45, 7) is 9.85. The third-order valence-electron chi connectivity index (χ3n) is 2.72. The van der Waals surface area contributed by atoms with Crippen molar-refractivity contribution in [2.24, 2.45) is 11.8 Å². The zero-order valence-corrected chi connectivity index (χ0v) is 10.2. The van der Waals surface area contributed by atoms with Crippen LogP contribution in [0.15, 0.2) is 0 Å².